The van der Waals surface area contributed by atoms with E-state index in [9.17, 15) is 14.9 Å². The van der Waals surface area contributed by atoms with Crippen LogP contribution in [0.15, 0.2) is 36.5 Å². The standard InChI is InChI=1S/C22H30N6O3/c1-27(2)20-14-15-23-22(26-20)25-18-10-8-17(9-11-18)24-21(29)5-3-4-16-6-12-19(13-7-16)28(30)31/h6-7,12-15,17-18H,3-5,8-11H2,1-2H3,(H,24,29)(H,23,25,26). The summed E-state index contributed by atoms with van der Waals surface area (Å²) in [6.45, 7) is 0. The molecule has 1 amide bonds. The van der Waals surface area contributed by atoms with Crippen molar-refractivity contribution in [3.8, 4) is 0 Å². The number of non-ortho nitro benzene ring substituents is 1. The van der Waals surface area contributed by atoms with Crippen molar-refractivity contribution in [3.63, 3.8) is 0 Å². The second-order valence-corrected chi connectivity index (χ2v) is 8.17. The lowest BCUT2D eigenvalue weighted by Gasteiger charge is -2.29. The first kappa shape index (κ1) is 22.5. The Bertz CT molecular complexity index is 879. The van der Waals surface area contributed by atoms with Gasteiger partial charge < -0.3 is 15.5 Å². The molecule has 1 heterocycles. The molecule has 1 aromatic heterocycles. The molecule has 0 spiro atoms. The molecule has 166 valence electrons. The van der Waals surface area contributed by atoms with Crippen LogP contribution < -0.4 is 15.5 Å². The lowest BCUT2D eigenvalue weighted by Crippen LogP contribution is -2.40. The fourth-order valence-corrected chi connectivity index (χ4v) is 3.77. The van der Waals surface area contributed by atoms with Crippen LogP contribution in [-0.4, -0.2) is 47.0 Å². The van der Waals surface area contributed by atoms with E-state index in [-0.39, 0.29) is 17.6 Å². The zero-order valence-corrected chi connectivity index (χ0v) is 18.1. The number of nitrogens with zero attached hydrogens (tertiary/aromatic N) is 4. The normalized spacial score (nSPS) is 18.3. The van der Waals surface area contributed by atoms with Crippen LogP contribution in [0.4, 0.5) is 17.5 Å². The van der Waals surface area contributed by atoms with Gasteiger partial charge in [0.1, 0.15) is 5.82 Å². The van der Waals surface area contributed by atoms with Crippen molar-refractivity contribution in [1.82, 2.24) is 15.3 Å². The molecule has 0 aliphatic heterocycles. The number of rotatable bonds is 9. The average molecular weight is 427 g/mol. The summed E-state index contributed by atoms with van der Waals surface area (Å²) in [5, 5.41) is 17.2. The van der Waals surface area contributed by atoms with E-state index in [1.165, 1.54) is 12.1 Å². The lowest BCUT2D eigenvalue weighted by atomic mass is 9.91. The number of carbonyl (C=O) groups excluding carboxylic acids is 1. The smallest absolute Gasteiger partial charge is 0.269 e. The zero-order valence-electron chi connectivity index (χ0n) is 18.1. The number of nitro groups is 1. The van der Waals surface area contributed by atoms with Gasteiger partial charge in [0, 0.05) is 50.9 Å². The number of benzene rings is 1. The van der Waals surface area contributed by atoms with E-state index < -0.39 is 4.92 Å². The maximum absolute atomic E-state index is 12.3. The van der Waals surface area contributed by atoms with Gasteiger partial charge in [-0.05, 0) is 50.2 Å². The van der Waals surface area contributed by atoms with Gasteiger partial charge in [0.05, 0.1) is 4.92 Å². The highest BCUT2D eigenvalue weighted by molar-refractivity contribution is 5.76. The van der Waals surface area contributed by atoms with Gasteiger partial charge >= 0.3 is 0 Å². The third-order valence-electron chi connectivity index (χ3n) is 5.54. The molecule has 1 fully saturated rings. The molecule has 2 N–H and O–H groups in total. The highest BCUT2D eigenvalue weighted by Gasteiger charge is 2.23. The minimum atomic E-state index is -0.407. The molecule has 0 bridgehead atoms. The van der Waals surface area contributed by atoms with Gasteiger partial charge in [-0.2, -0.15) is 4.98 Å². The van der Waals surface area contributed by atoms with E-state index in [0.717, 1.165) is 49.9 Å². The molecular formula is C22H30N6O3. The first-order valence-corrected chi connectivity index (χ1v) is 10.7. The number of aryl methyl sites for hydroxylation is 1. The minimum Gasteiger partial charge on any atom is -0.363 e. The Kier molecular flexibility index (Phi) is 7.75. The Morgan fingerprint density at radius 1 is 1.13 bits per heavy atom. The second-order valence-electron chi connectivity index (χ2n) is 8.17. The van der Waals surface area contributed by atoms with E-state index in [0.29, 0.717) is 18.4 Å². The quantitative estimate of drug-likeness (QED) is 0.467. The molecule has 0 atom stereocenters. The summed E-state index contributed by atoms with van der Waals surface area (Å²) in [5.41, 5.74) is 1.09. The predicted molar refractivity (Wildman–Crippen MR) is 120 cm³/mol. The summed E-state index contributed by atoms with van der Waals surface area (Å²) in [6.07, 6.45) is 7.45. The number of amides is 1. The van der Waals surface area contributed by atoms with Gasteiger partial charge in [-0.25, -0.2) is 4.98 Å². The Morgan fingerprint density at radius 2 is 1.81 bits per heavy atom. The first-order valence-electron chi connectivity index (χ1n) is 10.7. The Hall–Kier alpha value is -3.23. The van der Waals surface area contributed by atoms with E-state index in [1.54, 1.807) is 18.3 Å². The number of aromatic nitrogens is 2. The van der Waals surface area contributed by atoms with Crippen molar-refractivity contribution in [2.45, 2.75) is 57.0 Å². The van der Waals surface area contributed by atoms with Crippen LogP contribution in [0, 0.1) is 10.1 Å². The molecule has 1 saturated carbocycles. The van der Waals surface area contributed by atoms with Gasteiger partial charge in [-0.1, -0.05) is 12.1 Å². The van der Waals surface area contributed by atoms with Crippen LogP contribution in [0.25, 0.3) is 0 Å². The SMILES string of the molecule is CN(C)c1ccnc(NC2CCC(NC(=O)CCCc3ccc([N+](=O)[O-])cc3)CC2)n1. The van der Waals surface area contributed by atoms with E-state index >= 15 is 0 Å². The Balaban J connectivity index is 1.35. The van der Waals surface area contributed by atoms with Gasteiger partial charge in [0.2, 0.25) is 11.9 Å². The van der Waals surface area contributed by atoms with Gasteiger partial charge in [-0.3, -0.25) is 14.9 Å². The van der Waals surface area contributed by atoms with Crippen LogP contribution in [0.5, 0.6) is 0 Å². The fraction of sp³-hybridized carbons (Fsp3) is 0.500. The predicted octanol–water partition coefficient (Wildman–Crippen LogP) is 3.31. The summed E-state index contributed by atoms with van der Waals surface area (Å²) in [4.78, 5) is 33.3. The van der Waals surface area contributed by atoms with Crippen LogP contribution in [0.3, 0.4) is 0 Å². The van der Waals surface area contributed by atoms with E-state index in [1.807, 2.05) is 25.1 Å². The minimum absolute atomic E-state index is 0.0698. The van der Waals surface area contributed by atoms with Crippen molar-refractivity contribution in [2.24, 2.45) is 0 Å². The van der Waals surface area contributed by atoms with Crippen LogP contribution in [0.2, 0.25) is 0 Å². The molecule has 9 nitrogen and oxygen atoms in total. The fourth-order valence-electron chi connectivity index (χ4n) is 3.77. The maximum Gasteiger partial charge on any atom is 0.269 e. The lowest BCUT2D eigenvalue weighted by molar-refractivity contribution is -0.384. The zero-order chi connectivity index (χ0) is 22.2. The molecule has 1 aliphatic rings. The van der Waals surface area contributed by atoms with Crippen molar-refractivity contribution in [1.29, 1.82) is 0 Å². The monoisotopic (exact) mass is 426 g/mol. The Morgan fingerprint density at radius 3 is 2.45 bits per heavy atom. The van der Waals surface area contributed by atoms with Crippen molar-refractivity contribution in [3.05, 3.63) is 52.2 Å². The third-order valence-corrected chi connectivity index (χ3v) is 5.54. The first-order chi connectivity index (χ1) is 14.9. The number of anilines is 2. The average Bonchev–Trinajstić information content (AvgIpc) is 2.75. The van der Waals surface area contributed by atoms with Crippen LogP contribution >= 0.6 is 0 Å². The summed E-state index contributed by atoms with van der Waals surface area (Å²) < 4.78 is 0. The highest BCUT2D eigenvalue weighted by Crippen LogP contribution is 2.22. The largest absolute Gasteiger partial charge is 0.363 e. The molecule has 1 aromatic carbocycles. The molecule has 0 saturated heterocycles. The molecule has 2 aromatic rings. The Labute approximate surface area is 182 Å². The summed E-state index contributed by atoms with van der Waals surface area (Å²) in [5.74, 6) is 1.58. The third kappa shape index (κ3) is 6.91. The molecule has 31 heavy (non-hydrogen) atoms. The van der Waals surface area contributed by atoms with Crippen molar-refractivity contribution < 1.29 is 9.72 Å². The summed E-state index contributed by atoms with van der Waals surface area (Å²) in [7, 11) is 3.90. The molecule has 9 heteroatoms. The summed E-state index contributed by atoms with van der Waals surface area (Å²) in [6, 6.07) is 8.91. The van der Waals surface area contributed by atoms with Crippen molar-refractivity contribution in [2.75, 3.05) is 24.3 Å². The summed E-state index contributed by atoms with van der Waals surface area (Å²) >= 11 is 0. The highest BCUT2D eigenvalue weighted by atomic mass is 16.6. The van der Waals surface area contributed by atoms with Crippen molar-refractivity contribution >= 4 is 23.4 Å². The topological polar surface area (TPSA) is 113 Å². The number of nitrogens with one attached hydrogen (secondary N) is 2. The van der Waals surface area contributed by atoms with Gasteiger partial charge in [0.25, 0.3) is 5.69 Å². The number of carbonyl (C=O) groups is 1. The molecule has 0 unspecified atom stereocenters. The molecule has 1 aliphatic carbocycles. The van der Waals surface area contributed by atoms with E-state index in [2.05, 4.69) is 20.6 Å². The van der Waals surface area contributed by atoms with Gasteiger partial charge in [-0.15, -0.1) is 0 Å². The molecular weight excluding hydrogens is 396 g/mol. The number of hydrogen-bond donors (Lipinski definition) is 2. The van der Waals surface area contributed by atoms with Crippen LogP contribution in [-0.2, 0) is 11.2 Å². The molecule has 0 radical (unpaired) electrons. The molecule has 3 rings (SSSR count). The van der Waals surface area contributed by atoms with Crippen LogP contribution in [0.1, 0.15) is 44.1 Å². The van der Waals surface area contributed by atoms with Gasteiger partial charge in [0.15, 0.2) is 0 Å². The number of hydrogen-bond acceptors (Lipinski definition) is 7. The second kappa shape index (κ2) is 10.7. The maximum atomic E-state index is 12.3. The van der Waals surface area contributed by atoms with E-state index in [4.69, 9.17) is 0 Å². The number of nitro benzene ring substituents is 1.